The fourth-order valence-corrected chi connectivity index (χ4v) is 2.36. The first-order valence-corrected chi connectivity index (χ1v) is 5.89. The summed E-state index contributed by atoms with van der Waals surface area (Å²) in [6.45, 7) is 0. The molecule has 1 aromatic heterocycles. The molecule has 1 aliphatic heterocycles. The summed E-state index contributed by atoms with van der Waals surface area (Å²) in [4.78, 5) is 23.0. The van der Waals surface area contributed by atoms with Gasteiger partial charge in [0.2, 0.25) is 11.8 Å². The number of carbonyl (C=O) groups is 2. The zero-order valence-electron chi connectivity index (χ0n) is 9.97. The van der Waals surface area contributed by atoms with Crippen LogP contribution in [0.15, 0.2) is 22.8 Å². The number of piperidine rings is 1. The van der Waals surface area contributed by atoms with Crippen molar-refractivity contribution in [2.45, 2.75) is 18.8 Å². The van der Waals surface area contributed by atoms with Gasteiger partial charge >= 0.3 is 0 Å². The number of phenols is 1. The van der Waals surface area contributed by atoms with Gasteiger partial charge in [0.25, 0.3) is 0 Å². The van der Waals surface area contributed by atoms with Gasteiger partial charge in [-0.15, -0.1) is 0 Å². The van der Waals surface area contributed by atoms with Gasteiger partial charge < -0.3 is 15.3 Å². The molecule has 0 spiro atoms. The van der Waals surface area contributed by atoms with E-state index in [1.54, 1.807) is 0 Å². The molecule has 1 unspecified atom stereocenters. The minimum atomic E-state index is -0.443. The number of rotatable bonds is 1. The predicted octanol–water partition coefficient (Wildman–Crippen LogP) is 1.24. The molecular weight excluding hydrogens is 248 g/mol. The Balaban J connectivity index is 2.08. The second-order valence-electron chi connectivity index (χ2n) is 4.60. The number of nitrogens with two attached hydrogens (primary N) is 1. The Labute approximate surface area is 108 Å². The van der Waals surface area contributed by atoms with Gasteiger partial charge in [0.05, 0.1) is 17.9 Å². The number of nitrogen functional groups attached to an aromatic ring is 1. The topological polar surface area (TPSA) is 106 Å². The lowest BCUT2D eigenvalue weighted by molar-refractivity contribution is -0.134. The Morgan fingerprint density at radius 2 is 2.16 bits per heavy atom. The van der Waals surface area contributed by atoms with Gasteiger partial charge in [0.15, 0.2) is 0 Å². The first-order chi connectivity index (χ1) is 9.06. The highest BCUT2D eigenvalue weighted by atomic mass is 16.3. The van der Waals surface area contributed by atoms with Crippen molar-refractivity contribution in [1.82, 2.24) is 5.32 Å². The van der Waals surface area contributed by atoms with Gasteiger partial charge in [-0.2, -0.15) is 0 Å². The molecule has 0 aliphatic carbocycles. The molecule has 6 heteroatoms. The Morgan fingerprint density at radius 1 is 1.37 bits per heavy atom. The lowest BCUT2D eigenvalue weighted by atomic mass is 9.90. The Kier molecular flexibility index (Phi) is 2.45. The van der Waals surface area contributed by atoms with Crippen molar-refractivity contribution in [2.75, 3.05) is 5.73 Å². The molecule has 1 aliphatic rings. The second-order valence-corrected chi connectivity index (χ2v) is 4.60. The first-order valence-electron chi connectivity index (χ1n) is 5.89. The number of fused-ring (bicyclic) bond motifs is 1. The second kappa shape index (κ2) is 4.01. The highest BCUT2D eigenvalue weighted by Gasteiger charge is 2.30. The largest absolute Gasteiger partial charge is 0.506 e. The van der Waals surface area contributed by atoms with Crippen LogP contribution < -0.4 is 11.1 Å². The summed E-state index contributed by atoms with van der Waals surface area (Å²) in [5.41, 5.74) is 6.98. The van der Waals surface area contributed by atoms with Crippen LogP contribution >= 0.6 is 0 Å². The lowest BCUT2D eigenvalue weighted by Gasteiger charge is -2.19. The van der Waals surface area contributed by atoms with Gasteiger partial charge in [-0.25, -0.2) is 0 Å². The van der Waals surface area contributed by atoms with Crippen LogP contribution in [0.25, 0.3) is 11.0 Å². The van der Waals surface area contributed by atoms with Gasteiger partial charge in [0.1, 0.15) is 11.3 Å². The maximum Gasteiger partial charge on any atom is 0.234 e. The smallest absolute Gasteiger partial charge is 0.234 e. The molecule has 3 rings (SSSR count). The standard InChI is InChI=1S/C13H12N2O4/c14-9-4-11-7(3-10(9)16)8(5-19-11)6-1-2-12(17)15-13(6)18/h3-6,16H,1-2,14H2,(H,15,17,18). The van der Waals surface area contributed by atoms with E-state index in [0.717, 1.165) is 0 Å². The summed E-state index contributed by atoms with van der Waals surface area (Å²) < 4.78 is 5.36. The summed E-state index contributed by atoms with van der Waals surface area (Å²) >= 11 is 0. The third kappa shape index (κ3) is 1.81. The molecule has 0 saturated carbocycles. The van der Waals surface area contributed by atoms with Crippen molar-refractivity contribution < 1.29 is 19.1 Å². The third-order valence-electron chi connectivity index (χ3n) is 3.37. The Hall–Kier alpha value is -2.50. The zero-order valence-corrected chi connectivity index (χ0v) is 9.97. The van der Waals surface area contributed by atoms with E-state index in [1.807, 2.05) is 0 Å². The number of phenolic OH excluding ortho intramolecular Hbond substituents is 1. The van der Waals surface area contributed by atoms with Crippen LogP contribution in [0.5, 0.6) is 5.75 Å². The van der Waals surface area contributed by atoms with E-state index in [4.69, 9.17) is 10.2 Å². The van der Waals surface area contributed by atoms with Crippen molar-refractivity contribution in [1.29, 1.82) is 0 Å². The molecule has 0 radical (unpaired) electrons. The van der Waals surface area contributed by atoms with E-state index in [1.165, 1.54) is 18.4 Å². The van der Waals surface area contributed by atoms with E-state index in [2.05, 4.69) is 5.32 Å². The molecule has 1 fully saturated rings. The number of hydrogen-bond donors (Lipinski definition) is 3. The average molecular weight is 260 g/mol. The number of furan rings is 1. The molecule has 2 amide bonds. The van der Waals surface area contributed by atoms with E-state index in [-0.39, 0.29) is 23.3 Å². The maximum absolute atomic E-state index is 11.8. The van der Waals surface area contributed by atoms with Crippen molar-refractivity contribution in [3.05, 3.63) is 24.0 Å². The molecule has 4 N–H and O–H groups in total. The molecule has 1 atom stereocenters. The normalized spacial score (nSPS) is 19.7. The third-order valence-corrected chi connectivity index (χ3v) is 3.37. The Morgan fingerprint density at radius 3 is 2.89 bits per heavy atom. The molecule has 2 aromatic rings. The molecule has 1 saturated heterocycles. The highest BCUT2D eigenvalue weighted by molar-refractivity contribution is 6.03. The van der Waals surface area contributed by atoms with E-state index < -0.39 is 5.92 Å². The highest BCUT2D eigenvalue weighted by Crippen LogP contribution is 2.36. The lowest BCUT2D eigenvalue weighted by Crippen LogP contribution is -2.39. The van der Waals surface area contributed by atoms with E-state index in [9.17, 15) is 14.7 Å². The number of carbonyl (C=O) groups excluding carboxylic acids is 2. The SMILES string of the molecule is Nc1cc2occ(C3CCC(=O)NC3=O)c2cc1O. The predicted molar refractivity (Wildman–Crippen MR) is 67.4 cm³/mol. The molecule has 0 bridgehead atoms. The molecule has 19 heavy (non-hydrogen) atoms. The number of anilines is 1. The van der Waals surface area contributed by atoms with E-state index in [0.29, 0.717) is 29.4 Å². The summed E-state index contributed by atoms with van der Waals surface area (Å²) in [5, 5.41) is 12.6. The number of benzene rings is 1. The summed E-state index contributed by atoms with van der Waals surface area (Å²) in [7, 11) is 0. The first kappa shape index (κ1) is 11.6. The van der Waals surface area contributed by atoms with Crippen LogP contribution in [-0.4, -0.2) is 16.9 Å². The van der Waals surface area contributed by atoms with Crippen molar-refractivity contribution in [3.63, 3.8) is 0 Å². The molecule has 1 aromatic carbocycles. The molecule has 98 valence electrons. The average Bonchev–Trinajstić information content (AvgIpc) is 2.73. The quantitative estimate of drug-likeness (QED) is 0.406. The van der Waals surface area contributed by atoms with Crippen LogP contribution in [0.4, 0.5) is 5.69 Å². The van der Waals surface area contributed by atoms with Crippen LogP contribution in [0.1, 0.15) is 24.3 Å². The summed E-state index contributed by atoms with van der Waals surface area (Å²) in [6.07, 6.45) is 2.21. The van der Waals surface area contributed by atoms with Crippen molar-refractivity contribution in [3.8, 4) is 5.75 Å². The fourth-order valence-electron chi connectivity index (χ4n) is 2.36. The number of nitrogens with one attached hydrogen (secondary N) is 1. The number of amides is 2. The number of hydrogen-bond acceptors (Lipinski definition) is 5. The van der Waals surface area contributed by atoms with Gasteiger partial charge in [-0.1, -0.05) is 0 Å². The molecule has 2 heterocycles. The van der Waals surface area contributed by atoms with Crippen LogP contribution in [0, 0.1) is 0 Å². The molecular formula is C13H12N2O4. The number of imide groups is 1. The van der Waals surface area contributed by atoms with Crippen LogP contribution in [-0.2, 0) is 9.59 Å². The maximum atomic E-state index is 11.8. The summed E-state index contributed by atoms with van der Waals surface area (Å²) in [6, 6.07) is 2.99. The minimum absolute atomic E-state index is 0.0533. The van der Waals surface area contributed by atoms with Crippen molar-refractivity contribution >= 4 is 28.5 Å². The van der Waals surface area contributed by atoms with Gasteiger partial charge in [-0.3, -0.25) is 14.9 Å². The summed E-state index contributed by atoms with van der Waals surface area (Å²) in [5.74, 6) is -1.10. The minimum Gasteiger partial charge on any atom is -0.506 e. The van der Waals surface area contributed by atoms with Gasteiger partial charge in [-0.05, 0) is 12.5 Å². The number of aromatic hydroxyl groups is 1. The van der Waals surface area contributed by atoms with Crippen molar-refractivity contribution in [2.24, 2.45) is 0 Å². The van der Waals surface area contributed by atoms with Crippen LogP contribution in [0.3, 0.4) is 0 Å². The Bertz CT molecular complexity index is 689. The zero-order chi connectivity index (χ0) is 13.6. The monoisotopic (exact) mass is 260 g/mol. The van der Waals surface area contributed by atoms with Gasteiger partial charge in [0, 0.05) is 23.4 Å². The fraction of sp³-hybridized carbons (Fsp3) is 0.231. The van der Waals surface area contributed by atoms with Crippen LogP contribution in [0.2, 0.25) is 0 Å². The molecule has 6 nitrogen and oxygen atoms in total. The van der Waals surface area contributed by atoms with E-state index >= 15 is 0 Å².